The molecule has 1 aliphatic carbocycles. The van der Waals surface area contributed by atoms with Crippen molar-refractivity contribution in [2.24, 2.45) is 5.92 Å². The van der Waals surface area contributed by atoms with E-state index < -0.39 is 32.4 Å². The molecular weight excluding hydrogens is 532 g/mol. The summed E-state index contributed by atoms with van der Waals surface area (Å²) in [5.74, 6) is 0.659. The van der Waals surface area contributed by atoms with Gasteiger partial charge in [-0.1, -0.05) is 24.6 Å². The molecule has 12 nitrogen and oxygen atoms in total. The number of amides is 1. The number of hydrogen-bond donors (Lipinski definition) is 1. The van der Waals surface area contributed by atoms with Crippen molar-refractivity contribution in [3.8, 4) is 0 Å². The maximum Gasteiger partial charge on any atom is 0.424 e. The van der Waals surface area contributed by atoms with Gasteiger partial charge in [-0.05, 0) is 43.9 Å². The fraction of sp³-hybridized carbons (Fsp3) is 0.375. The van der Waals surface area contributed by atoms with Crippen molar-refractivity contribution in [1.29, 1.82) is 0 Å². The lowest BCUT2D eigenvalue weighted by molar-refractivity contribution is 0.169. The van der Waals surface area contributed by atoms with Crippen LogP contribution in [0.2, 0.25) is 0 Å². The molecule has 0 bridgehead atoms. The second-order valence-electron chi connectivity index (χ2n) is 9.83. The summed E-state index contributed by atoms with van der Waals surface area (Å²) in [6.07, 6.45) is 4.89. The third kappa shape index (κ3) is 3.94. The zero-order valence-corrected chi connectivity index (χ0v) is 22.3. The van der Waals surface area contributed by atoms with Crippen LogP contribution < -0.4 is 4.72 Å². The minimum atomic E-state index is -4.03. The van der Waals surface area contributed by atoms with Gasteiger partial charge in [0, 0.05) is 18.2 Å². The van der Waals surface area contributed by atoms with Crippen molar-refractivity contribution in [3.05, 3.63) is 60.3 Å². The first-order chi connectivity index (χ1) is 18.1. The molecule has 4 heterocycles. The highest BCUT2D eigenvalue weighted by Crippen LogP contribution is 2.40. The van der Waals surface area contributed by atoms with Crippen LogP contribution in [0.5, 0.6) is 0 Å². The largest absolute Gasteiger partial charge is 0.447 e. The molecule has 0 spiro atoms. The maximum absolute atomic E-state index is 13.4. The molecule has 3 unspecified atom stereocenters. The molecule has 2 aliphatic rings. The van der Waals surface area contributed by atoms with Gasteiger partial charge >= 0.3 is 16.3 Å². The van der Waals surface area contributed by atoms with E-state index in [1.54, 1.807) is 42.7 Å². The second-order valence-corrected chi connectivity index (χ2v) is 13.3. The van der Waals surface area contributed by atoms with Crippen LogP contribution in [0.4, 0.5) is 4.79 Å². The highest BCUT2D eigenvalue weighted by atomic mass is 32.2. The predicted molar refractivity (Wildman–Crippen MR) is 137 cm³/mol. The number of ether oxygens (including phenoxy) is 1. The summed E-state index contributed by atoms with van der Waals surface area (Å²) in [5, 5.41) is 0. The van der Waals surface area contributed by atoms with E-state index in [4.69, 9.17) is 4.74 Å². The molecule has 38 heavy (non-hydrogen) atoms. The number of carbonyl (C=O) groups excluding carboxylic acids is 1. The number of cyclic esters (lactones) is 1. The smallest absolute Gasteiger partial charge is 0.424 e. The van der Waals surface area contributed by atoms with Gasteiger partial charge in [0.25, 0.3) is 10.0 Å². The molecule has 0 radical (unpaired) electrons. The normalized spacial score (nSPS) is 22.5. The molecule has 2 fully saturated rings. The number of rotatable bonds is 6. The van der Waals surface area contributed by atoms with Gasteiger partial charge in [0.1, 0.15) is 12.4 Å². The van der Waals surface area contributed by atoms with Crippen molar-refractivity contribution >= 4 is 43.0 Å². The summed E-state index contributed by atoms with van der Waals surface area (Å²) < 4.78 is 63.5. The average Bonchev–Trinajstić information content (AvgIpc) is 3.64. The number of imidazole rings is 1. The van der Waals surface area contributed by atoms with E-state index in [1.165, 1.54) is 10.2 Å². The Morgan fingerprint density at radius 2 is 1.76 bits per heavy atom. The van der Waals surface area contributed by atoms with Crippen molar-refractivity contribution in [1.82, 2.24) is 27.4 Å². The average molecular weight is 559 g/mol. The number of hydrogen-bond acceptors (Lipinski definition) is 8. The number of aryl methyl sites for hydroxylation is 1. The zero-order chi connectivity index (χ0) is 26.8. The molecule has 1 aromatic carbocycles. The highest BCUT2D eigenvalue weighted by molar-refractivity contribution is 7.90. The molecule has 3 aromatic heterocycles. The highest BCUT2D eigenvalue weighted by Gasteiger charge is 2.40. The molecular formula is C24H26N6O6S2. The number of aromatic nitrogens is 4. The number of nitrogens with zero attached hydrogens (tertiary/aromatic N) is 5. The first-order valence-electron chi connectivity index (χ1n) is 12.2. The Labute approximate surface area is 219 Å². The van der Waals surface area contributed by atoms with E-state index in [0.717, 1.165) is 5.56 Å². The minimum Gasteiger partial charge on any atom is -0.447 e. The van der Waals surface area contributed by atoms with Gasteiger partial charge < -0.3 is 4.74 Å². The van der Waals surface area contributed by atoms with E-state index in [9.17, 15) is 21.6 Å². The molecule has 14 heteroatoms. The molecule has 6 rings (SSSR count). The van der Waals surface area contributed by atoms with Crippen LogP contribution in [0.25, 0.3) is 16.7 Å². The van der Waals surface area contributed by atoms with E-state index in [-0.39, 0.29) is 35.5 Å². The summed E-state index contributed by atoms with van der Waals surface area (Å²) in [7, 11) is -7.90. The van der Waals surface area contributed by atoms with Crippen LogP contribution in [0.3, 0.4) is 0 Å². The summed E-state index contributed by atoms with van der Waals surface area (Å²) >= 11 is 0. The number of benzene rings is 1. The van der Waals surface area contributed by atoms with Crippen LogP contribution in [-0.2, 0) is 25.0 Å². The molecule has 1 saturated heterocycles. The molecule has 1 N–H and O–H groups in total. The van der Waals surface area contributed by atoms with Gasteiger partial charge in [-0.2, -0.15) is 17.4 Å². The van der Waals surface area contributed by atoms with Gasteiger partial charge in [-0.15, -0.1) is 0 Å². The summed E-state index contributed by atoms with van der Waals surface area (Å²) in [6, 6.07) is 7.94. The first-order valence-corrected chi connectivity index (χ1v) is 15.1. The van der Waals surface area contributed by atoms with Gasteiger partial charge in [0.05, 0.1) is 34.9 Å². The monoisotopic (exact) mass is 558 g/mol. The fourth-order valence-corrected chi connectivity index (χ4v) is 8.01. The Kier molecular flexibility index (Phi) is 5.74. The molecule has 1 aliphatic heterocycles. The fourth-order valence-electron chi connectivity index (χ4n) is 5.41. The third-order valence-corrected chi connectivity index (χ3v) is 10.5. The van der Waals surface area contributed by atoms with E-state index in [2.05, 4.69) is 14.7 Å². The van der Waals surface area contributed by atoms with Gasteiger partial charge in [-0.25, -0.2) is 27.2 Å². The zero-order valence-electron chi connectivity index (χ0n) is 20.7. The topological polar surface area (TPSA) is 145 Å². The standard InChI is InChI=1S/C24H26N6O6S2/c1-15-3-5-19(6-4-15)37(32,33)28-8-7-21-23(28)26-14-18-13-25-22(30(18)21)20-12-17(11-16(20)2)27-38(34,35)29-9-10-36-24(29)31/h3-8,13-14,16-17,20,27H,9-12H2,1-2H3. The second kappa shape index (κ2) is 8.78. The van der Waals surface area contributed by atoms with Crippen LogP contribution in [-0.4, -0.2) is 64.8 Å². The number of nitrogens with one attached hydrogen (secondary N) is 1. The summed E-state index contributed by atoms with van der Waals surface area (Å²) in [6.45, 7) is 3.93. The van der Waals surface area contributed by atoms with Crippen molar-refractivity contribution in [2.75, 3.05) is 13.2 Å². The Hall–Kier alpha value is -3.49. The predicted octanol–water partition coefficient (Wildman–Crippen LogP) is 2.40. The van der Waals surface area contributed by atoms with E-state index in [1.807, 2.05) is 18.2 Å². The molecule has 3 atom stereocenters. The van der Waals surface area contributed by atoms with Gasteiger partial charge in [0.2, 0.25) is 0 Å². The molecule has 1 amide bonds. The van der Waals surface area contributed by atoms with Crippen LogP contribution >= 0.6 is 0 Å². The van der Waals surface area contributed by atoms with E-state index >= 15 is 0 Å². The number of fused-ring (bicyclic) bond motifs is 3. The third-order valence-electron chi connectivity index (χ3n) is 7.30. The first kappa shape index (κ1) is 24.8. The Balaban J connectivity index is 1.34. The Morgan fingerprint density at radius 3 is 2.47 bits per heavy atom. The SMILES string of the molecule is Cc1ccc(S(=O)(=O)n2ccc3c2ncc2cnc(C4CC(NS(=O)(=O)N5CCOC5=O)CC4C)n23)cc1. The van der Waals surface area contributed by atoms with Gasteiger partial charge in [-0.3, -0.25) is 4.40 Å². The van der Waals surface area contributed by atoms with Crippen molar-refractivity contribution in [2.45, 2.75) is 43.5 Å². The van der Waals surface area contributed by atoms with Gasteiger partial charge in [0.15, 0.2) is 5.65 Å². The van der Waals surface area contributed by atoms with Crippen LogP contribution in [0, 0.1) is 12.8 Å². The van der Waals surface area contributed by atoms with E-state index in [0.29, 0.717) is 34.0 Å². The minimum absolute atomic E-state index is 0.0156. The van der Waals surface area contributed by atoms with Crippen LogP contribution in [0.1, 0.15) is 37.1 Å². The quantitative estimate of drug-likeness (QED) is 0.380. The van der Waals surface area contributed by atoms with Crippen molar-refractivity contribution in [3.63, 3.8) is 0 Å². The summed E-state index contributed by atoms with van der Waals surface area (Å²) in [4.78, 5) is 21.0. The lowest BCUT2D eigenvalue weighted by atomic mass is 9.97. The Morgan fingerprint density at radius 1 is 1.03 bits per heavy atom. The number of carbonyl (C=O) groups is 1. The van der Waals surface area contributed by atoms with Crippen molar-refractivity contribution < 1.29 is 26.4 Å². The maximum atomic E-state index is 13.4. The summed E-state index contributed by atoms with van der Waals surface area (Å²) in [5.41, 5.74) is 2.51. The molecule has 1 saturated carbocycles. The lowest BCUT2D eigenvalue weighted by Crippen LogP contribution is -2.45. The molecule has 4 aromatic rings. The Bertz CT molecular complexity index is 1780. The van der Waals surface area contributed by atoms with Crippen LogP contribution in [0.15, 0.2) is 53.8 Å². The lowest BCUT2D eigenvalue weighted by Gasteiger charge is -2.18. The molecule has 200 valence electrons.